The molecule has 0 radical (unpaired) electrons. The van der Waals surface area contributed by atoms with Gasteiger partial charge in [-0.3, -0.25) is 4.79 Å². The van der Waals surface area contributed by atoms with Crippen LogP contribution in [0, 0.1) is 12.7 Å². The summed E-state index contributed by atoms with van der Waals surface area (Å²) in [6, 6.07) is 12.7. The molecule has 4 rings (SSSR count). The number of benzene rings is 3. The maximum Gasteiger partial charge on any atom is 0.416 e. The lowest BCUT2D eigenvalue weighted by molar-refractivity contribution is -0.137. The van der Waals surface area contributed by atoms with Gasteiger partial charge in [0.25, 0.3) is 5.91 Å². The monoisotopic (exact) mass is 476 g/mol. The molecule has 0 aromatic heterocycles. The highest BCUT2D eigenvalue weighted by atomic mass is 19.4. The van der Waals surface area contributed by atoms with Crippen molar-refractivity contribution in [3.8, 4) is 11.5 Å². The van der Waals surface area contributed by atoms with Gasteiger partial charge < -0.3 is 15.4 Å². The van der Waals surface area contributed by atoms with E-state index in [2.05, 4.69) is 10.6 Å². The van der Waals surface area contributed by atoms with Gasteiger partial charge in [0.05, 0.1) is 11.1 Å². The van der Waals surface area contributed by atoms with Gasteiger partial charge in [0.15, 0.2) is 0 Å². The Hall–Kier alpha value is -3.46. The Morgan fingerprint density at radius 3 is 2.50 bits per heavy atom. The molecule has 2 atom stereocenters. The predicted octanol–water partition coefficient (Wildman–Crippen LogP) is 6.57. The van der Waals surface area contributed by atoms with Gasteiger partial charge in [-0.15, -0.1) is 0 Å². The summed E-state index contributed by atoms with van der Waals surface area (Å²) in [4.78, 5) is 13.0. The molecule has 1 saturated heterocycles. The van der Waals surface area contributed by atoms with Crippen molar-refractivity contribution in [3.05, 3.63) is 88.7 Å². The Morgan fingerprint density at radius 1 is 1.06 bits per heavy atom. The highest BCUT2D eigenvalue weighted by Crippen LogP contribution is 2.35. The molecule has 3 aromatic rings. The lowest BCUT2D eigenvalue weighted by Gasteiger charge is -2.16. The van der Waals surface area contributed by atoms with Crippen molar-refractivity contribution in [3.63, 3.8) is 0 Å². The van der Waals surface area contributed by atoms with Crippen LogP contribution in [0.25, 0.3) is 0 Å². The number of hydrogen-bond donors (Lipinski definition) is 2. The molecular formula is C25H21F5N2O2. The number of anilines is 1. The van der Waals surface area contributed by atoms with E-state index in [1.54, 1.807) is 31.2 Å². The number of rotatable bonds is 5. The molecule has 34 heavy (non-hydrogen) atoms. The van der Waals surface area contributed by atoms with Gasteiger partial charge in [0, 0.05) is 18.3 Å². The third-order valence-corrected chi connectivity index (χ3v) is 5.53. The van der Waals surface area contributed by atoms with Crippen molar-refractivity contribution in [2.75, 3.05) is 11.9 Å². The fourth-order valence-electron chi connectivity index (χ4n) is 3.80. The van der Waals surface area contributed by atoms with Crippen molar-refractivity contribution in [2.24, 2.45) is 0 Å². The van der Waals surface area contributed by atoms with Gasteiger partial charge in [-0.25, -0.2) is 8.78 Å². The largest absolute Gasteiger partial charge is 0.456 e. The highest BCUT2D eigenvalue weighted by molar-refractivity contribution is 6.06. The van der Waals surface area contributed by atoms with Crippen LogP contribution in [0.3, 0.4) is 0 Å². The summed E-state index contributed by atoms with van der Waals surface area (Å²) < 4.78 is 72.6. The fourth-order valence-corrected chi connectivity index (χ4v) is 3.80. The minimum Gasteiger partial charge on any atom is -0.456 e. The molecule has 1 aliphatic rings. The molecular weight excluding hydrogens is 455 g/mol. The summed E-state index contributed by atoms with van der Waals surface area (Å²) in [5.74, 6) is -1.23. The normalized spacial score (nSPS) is 18.1. The number of carbonyl (C=O) groups is 1. The van der Waals surface area contributed by atoms with Crippen LogP contribution in [-0.2, 0) is 6.18 Å². The number of nitrogens with one attached hydrogen (secondary N) is 2. The molecule has 0 spiro atoms. The van der Waals surface area contributed by atoms with Crippen LogP contribution >= 0.6 is 0 Å². The number of amides is 1. The molecule has 3 aromatic carbocycles. The maximum absolute atomic E-state index is 13.5. The highest BCUT2D eigenvalue weighted by Gasteiger charge is 2.32. The Morgan fingerprint density at radius 2 is 1.82 bits per heavy atom. The molecule has 9 heteroatoms. The average molecular weight is 476 g/mol. The van der Waals surface area contributed by atoms with Crippen LogP contribution in [0.15, 0.2) is 60.7 Å². The van der Waals surface area contributed by atoms with E-state index in [9.17, 15) is 26.7 Å². The zero-order valence-electron chi connectivity index (χ0n) is 18.0. The lowest BCUT2D eigenvalue weighted by Crippen LogP contribution is -2.16. The minimum atomic E-state index is -4.67. The van der Waals surface area contributed by atoms with E-state index in [4.69, 9.17) is 4.74 Å². The fraction of sp³-hybridized carbons (Fsp3) is 0.240. The van der Waals surface area contributed by atoms with E-state index >= 15 is 0 Å². The first-order chi connectivity index (χ1) is 16.1. The lowest BCUT2D eigenvalue weighted by atomic mass is 10.0. The Balaban J connectivity index is 1.64. The Labute approximate surface area is 192 Å². The maximum atomic E-state index is 13.5. The van der Waals surface area contributed by atoms with Crippen molar-refractivity contribution >= 4 is 11.6 Å². The van der Waals surface area contributed by atoms with E-state index in [1.165, 1.54) is 12.1 Å². The summed E-state index contributed by atoms with van der Waals surface area (Å²) in [5.41, 5.74) is 0.146. The second kappa shape index (κ2) is 9.42. The van der Waals surface area contributed by atoms with E-state index in [1.807, 2.05) is 0 Å². The predicted molar refractivity (Wildman–Crippen MR) is 117 cm³/mol. The summed E-state index contributed by atoms with van der Waals surface area (Å²) in [5, 5.41) is 5.64. The smallest absolute Gasteiger partial charge is 0.416 e. The molecule has 0 aliphatic carbocycles. The summed E-state index contributed by atoms with van der Waals surface area (Å²) in [6.45, 7) is 1.81. The molecule has 178 valence electrons. The number of aryl methyl sites for hydroxylation is 1. The third kappa shape index (κ3) is 5.36. The number of alkyl halides is 4. The van der Waals surface area contributed by atoms with E-state index in [0.29, 0.717) is 23.7 Å². The van der Waals surface area contributed by atoms with Crippen molar-refractivity contribution < 1.29 is 31.5 Å². The van der Waals surface area contributed by atoms with Gasteiger partial charge in [0.2, 0.25) is 0 Å². The standard InChI is InChI=1S/C25H21F5N2O2/c1-14-9-17(26)6-8-22(14)34-23-7-5-16(25(28,29)30)11-20(23)24(33)32-19-4-2-3-15(10-19)21-12-18(27)13-31-21/h2-11,18,21,31H,12-13H2,1H3,(H,32,33). The summed E-state index contributed by atoms with van der Waals surface area (Å²) >= 11 is 0. The summed E-state index contributed by atoms with van der Waals surface area (Å²) in [6.07, 6.45) is -5.35. The molecule has 1 amide bonds. The topological polar surface area (TPSA) is 50.4 Å². The molecule has 0 saturated carbocycles. The molecule has 1 heterocycles. The van der Waals surface area contributed by atoms with Gasteiger partial charge >= 0.3 is 6.18 Å². The second-order valence-corrected chi connectivity index (χ2v) is 8.09. The number of halogens is 5. The molecule has 2 unspecified atom stereocenters. The average Bonchev–Trinajstić information content (AvgIpc) is 3.21. The van der Waals surface area contributed by atoms with Crippen LogP contribution in [0.5, 0.6) is 11.5 Å². The quantitative estimate of drug-likeness (QED) is 0.410. The first kappa shape index (κ1) is 23.7. The first-order valence-corrected chi connectivity index (χ1v) is 10.5. The van der Waals surface area contributed by atoms with Gasteiger partial charge in [0.1, 0.15) is 23.5 Å². The molecule has 4 nitrogen and oxygen atoms in total. The minimum absolute atomic E-state index is 0.117. The van der Waals surface area contributed by atoms with E-state index in [-0.39, 0.29) is 29.6 Å². The van der Waals surface area contributed by atoms with Gasteiger partial charge in [-0.1, -0.05) is 12.1 Å². The van der Waals surface area contributed by atoms with Crippen LogP contribution < -0.4 is 15.4 Å². The van der Waals surface area contributed by atoms with Gasteiger partial charge in [-0.2, -0.15) is 13.2 Å². The Kier molecular flexibility index (Phi) is 6.56. The first-order valence-electron chi connectivity index (χ1n) is 10.5. The Bertz CT molecular complexity index is 1210. The van der Waals surface area contributed by atoms with Crippen LogP contribution in [0.2, 0.25) is 0 Å². The van der Waals surface area contributed by atoms with Gasteiger partial charge in [-0.05, 0) is 73.0 Å². The molecule has 2 N–H and O–H groups in total. The second-order valence-electron chi connectivity index (χ2n) is 8.09. The number of hydrogen-bond acceptors (Lipinski definition) is 3. The number of ether oxygens (including phenoxy) is 1. The van der Waals surface area contributed by atoms with Crippen LogP contribution in [0.4, 0.5) is 27.6 Å². The zero-order valence-corrected chi connectivity index (χ0v) is 18.0. The molecule has 0 bridgehead atoms. The van der Waals surface area contributed by atoms with Crippen LogP contribution in [0.1, 0.15) is 39.5 Å². The molecule has 1 aliphatic heterocycles. The van der Waals surface area contributed by atoms with E-state index in [0.717, 1.165) is 23.8 Å². The SMILES string of the molecule is Cc1cc(F)ccc1Oc1ccc(C(F)(F)F)cc1C(=O)Nc1cccc(C2CC(F)CN2)c1. The third-order valence-electron chi connectivity index (χ3n) is 5.53. The van der Waals surface area contributed by atoms with Crippen molar-refractivity contribution in [1.29, 1.82) is 0 Å². The van der Waals surface area contributed by atoms with E-state index < -0.39 is 29.6 Å². The number of carbonyl (C=O) groups excluding carboxylic acids is 1. The zero-order chi connectivity index (χ0) is 24.5. The van der Waals surface area contributed by atoms with Crippen molar-refractivity contribution in [2.45, 2.75) is 31.7 Å². The van der Waals surface area contributed by atoms with Crippen LogP contribution in [-0.4, -0.2) is 18.6 Å². The van der Waals surface area contributed by atoms with Crippen molar-refractivity contribution in [1.82, 2.24) is 5.32 Å². The molecule has 1 fully saturated rings. The summed E-state index contributed by atoms with van der Waals surface area (Å²) in [7, 11) is 0.